The maximum atomic E-state index is 12.1. The fraction of sp³-hybridized carbons (Fsp3) is 0.176. The van der Waals surface area contributed by atoms with Crippen LogP contribution in [0.3, 0.4) is 0 Å². The molecule has 0 aliphatic carbocycles. The fourth-order valence-electron chi connectivity index (χ4n) is 1.84. The Balaban J connectivity index is 2.13. The number of aryl methyl sites for hydroxylation is 2. The van der Waals surface area contributed by atoms with Gasteiger partial charge in [-0.2, -0.15) is 5.26 Å². The van der Waals surface area contributed by atoms with Crippen molar-refractivity contribution in [3.05, 3.63) is 57.3 Å². The highest BCUT2D eigenvalue weighted by Gasteiger charge is 2.10. The molecule has 2 rings (SSSR count). The van der Waals surface area contributed by atoms with Gasteiger partial charge in [-0.1, -0.05) is 19.1 Å². The molecule has 0 fully saturated rings. The van der Waals surface area contributed by atoms with Gasteiger partial charge in [0.2, 0.25) is 0 Å². The van der Waals surface area contributed by atoms with Crippen LogP contribution in [0, 0.1) is 18.3 Å². The number of hydrogen-bond acceptors (Lipinski definition) is 3. The maximum absolute atomic E-state index is 12.1. The first-order chi connectivity index (χ1) is 10.1. The standard InChI is InChI=1S/C17H16N2OS/c1-3-13-5-7-15(8-6-13)19-17(20)14(11-18)10-16-9-4-12(2)21-16/h4-10H,3H2,1-2H3,(H,19,20)/b14-10+. The van der Waals surface area contributed by atoms with E-state index in [1.165, 1.54) is 5.56 Å². The Morgan fingerprint density at radius 3 is 2.52 bits per heavy atom. The van der Waals surface area contributed by atoms with Crippen molar-refractivity contribution in [2.24, 2.45) is 0 Å². The smallest absolute Gasteiger partial charge is 0.266 e. The highest BCUT2D eigenvalue weighted by Crippen LogP contribution is 2.19. The molecule has 0 radical (unpaired) electrons. The number of hydrogen-bond donors (Lipinski definition) is 1. The topological polar surface area (TPSA) is 52.9 Å². The zero-order chi connectivity index (χ0) is 15.2. The van der Waals surface area contributed by atoms with E-state index in [0.29, 0.717) is 5.69 Å². The molecule has 1 heterocycles. The summed E-state index contributed by atoms with van der Waals surface area (Å²) in [5.41, 5.74) is 2.01. The van der Waals surface area contributed by atoms with Crippen molar-refractivity contribution in [2.75, 3.05) is 5.32 Å². The summed E-state index contributed by atoms with van der Waals surface area (Å²) < 4.78 is 0. The number of benzene rings is 1. The average molecular weight is 296 g/mol. The number of anilines is 1. The molecule has 1 aromatic heterocycles. The Labute approximate surface area is 128 Å². The second-order valence-electron chi connectivity index (χ2n) is 4.62. The molecule has 21 heavy (non-hydrogen) atoms. The first kappa shape index (κ1) is 15.0. The number of nitriles is 1. The van der Waals surface area contributed by atoms with Crippen molar-refractivity contribution in [3.63, 3.8) is 0 Å². The molecule has 0 saturated heterocycles. The number of nitrogens with one attached hydrogen (secondary N) is 1. The van der Waals surface area contributed by atoms with Crippen LogP contribution >= 0.6 is 11.3 Å². The molecule has 1 amide bonds. The first-order valence-corrected chi connectivity index (χ1v) is 7.52. The number of carbonyl (C=O) groups excluding carboxylic acids is 1. The third kappa shape index (κ3) is 4.04. The van der Waals surface area contributed by atoms with Crippen LogP contribution in [0.2, 0.25) is 0 Å². The van der Waals surface area contributed by atoms with E-state index in [0.717, 1.165) is 16.2 Å². The molecule has 0 saturated carbocycles. The zero-order valence-corrected chi connectivity index (χ0v) is 12.8. The van der Waals surface area contributed by atoms with Crippen LogP contribution in [-0.2, 0) is 11.2 Å². The molecule has 0 spiro atoms. The lowest BCUT2D eigenvalue weighted by molar-refractivity contribution is -0.112. The summed E-state index contributed by atoms with van der Waals surface area (Å²) in [5.74, 6) is -0.382. The molecule has 1 N–H and O–H groups in total. The Hall–Kier alpha value is -2.38. The van der Waals surface area contributed by atoms with Gasteiger partial charge in [-0.05, 0) is 49.2 Å². The maximum Gasteiger partial charge on any atom is 0.266 e. The minimum atomic E-state index is -0.382. The monoisotopic (exact) mass is 296 g/mol. The molecule has 2 aromatic rings. The van der Waals surface area contributed by atoms with Gasteiger partial charge in [0.15, 0.2) is 0 Å². The van der Waals surface area contributed by atoms with Gasteiger partial charge < -0.3 is 5.32 Å². The van der Waals surface area contributed by atoms with E-state index in [-0.39, 0.29) is 11.5 Å². The summed E-state index contributed by atoms with van der Waals surface area (Å²) in [7, 11) is 0. The predicted molar refractivity (Wildman–Crippen MR) is 87.1 cm³/mol. The molecular formula is C17H16N2OS. The van der Waals surface area contributed by atoms with Crippen LogP contribution in [0.25, 0.3) is 6.08 Å². The van der Waals surface area contributed by atoms with E-state index in [4.69, 9.17) is 5.26 Å². The average Bonchev–Trinajstić information content (AvgIpc) is 2.90. The lowest BCUT2D eigenvalue weighted by Gasteiger charge is -2.05. The SMILES string of the molecule is CCc1ccc(NC(=O)/C(C#N)=C/c2ccc(C)s2)cc1. The molecule has 1 aromatic carbocycles. The molecule has 0 atom stereocenters. The van der Waals surface area contributed by atoms with Crippen LogP contribution in [0.15, 0.2) is 42.0 Å². The van der Waals surface area contributed by atoms with Crippen LogP contribution in [-0.4, -0.2) is 5.91 Å². The van der Waals surface area contributed by atoms with Gasteiger partial charge in [0.05, 0.1) is 0 Å². The highest BCUT2D eigenvalue weighted by atomic mass is 32.1. The van der Waals surface area contributed by atoms with Crippen molar-refractivity contribution in [1.29, 1.82) is 5.26 Å². The summed E-state index contributed by atoms with van der Waals surface area (Å²) in [6.07, 6.45) is 2.57. The zero-order valence-electron chi connectivity index (χ0n) is 12.0. The molecule has 0 bridgehead atoms. The van der Waals surface area contributed by atoms with Gasteiger partial charge in [-0.15, -0.1) is 11.3 Å². The van der Waals surface area contributed by atoms with Crippen LogP contribution in [0.1, 0.15) is 22.2 Å². The van der Waals surface area contributed by atoms with Crippen LogP contribution in [0.4, 0.5) is 5.69 Å². The van der Waals surface area contributed by atoms with Crippen molar-refractivity contribution in [3.8, 4) is 6.07 Å². The third-order valence-corrected chi connectivity index (χ3v) is 3.98. The second kappa shape index (κ2) is 6.87. The summed E-state index contributed by atoms with van der Waals surface area (Å²) in [5, 5.41) is 11.9. The van der Waals surface area contributed by atoms with Crippen LogP contribution < -0.4 is 5.32 Å². The molecule has 106 valence electrons. The van der Waals surface area contributed by atoms with Gasteiger partial charge in [0, 0.05) is 15.4 Å². The van der Waals surface area contributed by atoms with Gasteiger partial charge in [-0.3, -0.25) is 4.79 Å². The predicted octanol–water partition coefficient (Wildman–Crippen LogP) is 4.16. The lowest BCUT2D eigenvalue weighted by atomic mass is 10.1. The van der Waals surface area contributed by atoms with E-state index >= 15 is 0 Å². The van der Waals surface area contributed by atoms with E-state index in [1.807, 2.05) is 49.4 Å². The summed E-state index contributed by atoms with van der Waals surface area (Å²) in [6, 6.07) is 13.5. The normalized spacial score (nSPS) is 11.0. The molecular weight excluding hydrogens is 280 g/mol. The van der Waals surface area contributed by atoms with E-state index in [2.05, 4.69) is 12.2 Å². The Kier molecular flexibility index (Phi) is 4.91. The van der Waals surface area contributed by atoms with E-state index < -0.39 is 0 Å². The molecule has 3 nitrogen and oxygen atoms in total. The highest BCUT2D eigenvalue weighted by molar-refractivity contribution is 7.12. The minimum Gasteiger partial charge on any atom is -0.321 e. The number of nitrogens with zero attached hydrogens (tertiary/aromatic N) is 1. The molecule has 0 aliphatic heterocycles. The van der Waals surface area contributed by atoms with Gasteiger partial charge >= 0.3 is 0 Å². The van der Waals surface area contributed by atoms with Gasteiger partial charge in [0.1, 0.15) is 11.6 Å². The number of carbonyl (C=O) groups is 1. The van der Waals surface area contributed by atoms with Crippen molar-refractivity contribution >= 4 is 29.0 Å². The Morgan fingerprint density at radius 1 is 1.29 bits per heavy atom. The summed E-state index contributed by atoms with van der Waals surface area (Å²) in [4.78, 5) is 14.2. The number of rotatable bonds is 4. The quantitative estimate of drug-likeness (QED) is 0.680. The number of thiophene rings is 1. The first-order valence-electron chi connectivity index (χ1n) is 6.71. The van der Waals surface area contributed by atoms with E-state index in [9.17, 15) is 4.79 Å². The Morgan fingerprint density at radius 2 is 2.00 bits per heavy atom. The van der Waals surface area contributed by atoms with E-state index in [1.54, 1.807) is 17.4 Å². The molecule has 0 aliphatic rings. The second-order valence-corrected chi connectivity index (χ2v) is 5.94. The minimum absolute atomic E-state index is 0.108. The van der Waals surface area contributed by atoms with Crippen molar-refractivity contribution < 1.29 is 4.79 Å². The van der Waals surface area contributed by atoms with Gasteiger partial charge in [-0.25, -0.2) is 0 Å². The lowest BCUT2D eigenvalue weighted by Crippen LogP contribution is -2.13. The van der Waals surface area contributed by atoms with Gasteiger partial charge in [0.25, 0.3) is 5.91 Å². The van der Waals surface area contributed by atoms with Crippen LogP contribution in [0.5, 0.6) is 0 Å². The molecule has 0 unspecified atom stereocenters. The van der Waals surface area contributed by atoms with Crippen molar-refractivity contribution in [2.45, 2.75) is 20.3 Å². The molecule has 4 heteroatoms. The number of amides is 1. The summed E-state index contributed by atoms with van der Waals surface area (Å²) in [6.45, 7) is 4.07. The largest absolute Gasteiger partial charge is 0.321 e. The fourth-order valence-corrected chi connectivity index (χ4v) is 2.66. The summed E-state index contributed by atoms with van der Waals surface area (Å²) >= 11 is 1.55. The Bertz CT molecular complexity index is 705. The third-order valence-electron chi connectivity index (χ3n) is 3.03. The van der Waals surface area contributed by atoms with Crippen molar-refractivity contribution in [1.82, 2.24) is 0 Å².